The van der Waals surface area contributed by atoms with Crippen LogP contribution >= 0.6 is 11.3 Å². The van der Waals surface area contributed by atoms with Gasteiger partial charge in [0, 0.05) is 23.4 Å². The molecule has 0 radical (unpaired) electrons. The molecule has 0 aliphatic carbocycles. The summed E-state index contributed by atoms with van der Waals surface area (Å²) in [6, 6.07) is 5.50. The number of nitrogens with zero attached hydrogens (tertiary/aromatic N) is 1. The summed E-state index contributed by atoms with van der Waals surface area (Å²) < 4.78 is 26.1. The van der Waals surface area contributed by atoms with Gasteiger partial charge in [-0.25, -0.2) is 13.4 Å². The zero-order valence-corrected chi connectivity index (χ0v) is 14.9. The van der Waals surface area contributed by atoms with Gasteiger partial charge >= 0.3 is 0 Å². The Balaban J connectivity index is 2.15. The third kappa shape index (κ3) is 2.49. The molecule has 0 unspecified atom stereocenters. The van der Waals surface area contributed by atoms with E-state index in [-0.39, 0.29) is 9.75 Å². The molecule has 2 heterocycles. The fourth-order valence-corrected chi connectivity index (χ4v) is 5.94. The quantitative estimate of drug-likeness (QED) is 0.916. The zero-order chi connectivity index (χ0) is 16.1. The molecular weight excluding hydrogens is 316 g/mol. The summed E-state index contributed by atoms with van der Waals surface area (Å²) in [7, 11) is -3.56. The van der Waals surface area contributed by atoms with Gasteiger partial charge in [-0.3, -0.25) is 0 Å². The summed E-state index contributed by atoms with van der Waals surface area (Å²) in [5.41, 5.74) is 2.48. The molecule has 6 heteroatoms. The lowest BCUT2D eigenvalue weighted by molar-refractivity contribution is 0.426. The van der Waals surface area contributed by atoms with Crippen LogP contribution in [0.4, 0.5) is 0 Å². The summed E-state index contributed by atoms with van der Waals surface area (Å²) >= 11 is 1.29. The Morgan fingerprint density at radius 1 is 1.27 bits per heavy atom. The lowest BCUT2D eigenvalue weighted by Crippen LogP contribution is -2.38. The third-order valence-electron chi connectivity index (χ3n) is 4.03. The number of rotatable bonds is 2. The molecule has 0 atom stereocenters. The summed E-state index contributed by atoms with van der Waals surface area (Å²) in [5, 5.41) is 3.33. The molecule has 0 saturated heterocycles. The Morgan fingerprint density at radius 2 is 2.00 bits per heavy atom. The van der Waals surface area contributed by atoms with E-state index in [4.69, 9.17) is 0 Å². The highest BCUT2D eigenvalue weighted by Crippen LogP contribution is 2.36. The highest BCUT2D eigenvalue weighted by atomic mass is 32.2. The van der Waals surface area contributed by atoms with E-state index in [0.717, 1.165) is 28.2 Å². The SMILES string of the molecule is Cc1ccc(C)c(S(=O)(=O)c2nc3c(s2)CNCC3(C)C)c1. The average molecular weight is 336 g/mol. The number of hydrogen-bond donors (Lipinski definition) is 1. The lowest BCUT2D eigenvalue weighted by atomic mass is 9.86. The molecule has 4 nitrogen and oxygen atoms in total. The Bertz CT molecular complexity index is 836. The van der Waals surface area contributed by atoms with Gasteiger partial charge in [-0.2, -0.15) is 0 Å². The van der Waals surface area contributed by atoms with Gasteiger partial charge in [-0.15, -0.1) is 11.3 Å². The van der Waals surface area contributed by atoms with Crippen LogP contribution in [-0.4, -0.2) is 19.9 Å². The second-order valence-corrected chi connectivity index (χ2v) is 9.69. The van der Waals surface area contributed by atoms with Crippen molar-refractivity contribution in [3.63, 3.8) is 0 Å². The van der Waals surface area contributed by atoms with E-state index in [2.05, 4.69) is 24.1 Å². The van der Waals surface area contributed by atoms with Gasteiger partial charge in [-0.05, 0) is 31.0 Å². The highest BCUT2D eigenvalue weighted by Gasteiger charge is 2.34. The van der Waals surface area contributed by atoms with Crippen molar-refractivity contribution in [2.45, 2.75) is 48.9 Å². The molecule has 1 aromatic carbocycles. The summed E-state index contributed by atoms with van der Waals surface area (Å²) in [5.74, 6) is 0. The van der Waals surface area contributed by atoms with Crippen molar-refractivity contribution in [3.8, 4) is 0 Å². The maximum atomic E-state index is 13.0. The molecule has 1 N–H and O–H groups in total. The molecule has 118 valence electrons. The minimum absolute atomic E-state index is 0.139. The normalized spacial score (nSPS) is 17.3. The van der Waals surface area contributed by atoms with Crippen LogP contribution < -0.4 is 5.32 Å². The van der Waals surface area contributed by atoms with Crippen molar-refractivity contribution < 1.29 is 8.42 Å². The number of nitrogens with one attached hydrogen (secondary N) is 1. The van der Waals surface area contributed by atoms with Gasteiger partial charge in [0.05, 0.1) is 10.6 Å². The molecule has 0 fully saturated rings. The molecule has 0 bridgehead atoms. The van der Waals surface area contributed by atoms with Crippen LogP contribution in [-0.2, 0) is 21.8 Å². The summed E-state index contributed by atoms with van der Waals surface area (Å²) in [4.78, 5) is 5.91. The number of benzene rings is 1. The molecule has 0 spiro atoms. The fourth-order valence-electron chi connectivity index (χ4n) is 2.76. The number of fused-ring (bicyclic) bond motifs is 1. The van der Waals surface area contributed by atoms with Crippen molar-refractivity contribution in [3.05, 3.63) is 39.9 Å². The van der Waals surface area contributed by atoms with Crippen LogP contribution in [0.25, 0.3) is 0 Å². The largest absolute Gasteiger partial charge is 0.311 e. The monoisotopic (exact) mass is 336 g/mol. The third-order valence-corrected chi connectivity index (χ3v) is 7.36. The van der Waals surface area contributed by atoms with Gasteiger partial charge < -0.3 is 5.32 Å². The van der Waals surface area contributed by atoms with Crippen LogP contribution in [0, 0.1) is 13.8 Å². The summed E-state index contributed by atoms with van der Waals surface area (Å²) in [6.07, 6.45) is 0. The Hall–Kier alpha value is -1.24. The van der Waals surface area contributed by atoms with E-state index >= 15 is 0 Å². The number of aromatic nitrogens is 1. The maximum absolute atomic E-state index is 13.0. The van der Waals surface area contributed by atoms with Gasteiger partial charge in [0.25, 0.3) is 0 Å². The topological polar surface area (TPSA) is 59.1 Å². The average Bonchev–Trinajstić information content (AvgIpc) is 2.87. The molecule has 2 aromatic rings. The minimum atomic E-state index is -3.56. The Morgan fingerprint density at radius 3 is 2.68 bits per heavy atom. The van der Waals surface area contributed by atoms with Crippen LogP contribution in [0.5, 0.6) is 0 Å². The number of aryl methyl sites for hydroxylation is 2. The molecule has 0 amide bonds. The van der Waals surface area contributed by atoms with Crippen molar-refractivity contribution >= 4 is 21.2 Å². The standard InChI is InChI=1S/C16H20N2O2S2/c1-10-5-6-11(2)13(7-10)22(19,20)15-18-14-12(21-15)8-17-9-16(14,3)4/h5-7,17H,8-9H2,1-4H3. The van der Waals surface area contributed by atoms with Crippen molar-refractivity contribution in [1.29, 1.82) is 0 Å². The van der Waals surface area contributed by atoms with Gasteiger partial charge in [0.15, 0.2) is 0 Å². The molecular formula is C16H20N2O2S2. The van der Waals surface area contributed by atoms with Crippen molar-refractivity contribution in [2.75, 3.05) is 6.54 Å². The maximum Gasteiger partial charge on any atom is 0.233 e. The van der Waals surface area contributed by atoms with E-state index in [1.54, 1.807) is 6.07 Å². The minimum Gasteiger partial charge on any atom is -0.311 e. The van der Waals surface area contributed by atoms with Gasteiger partial charge in [0.2, 0.25) is 14.2 Å². The lowest BCUT2D eigenvalue weighted by Gasteiger charge is -2.28. The van der Waals surface area contributed by atoms with Gasteiger partial charge in [-0.1, -0.05) is 26.0 Å². The first kappa shape index (κ1) is 15.6. The van der Waals surface area contributed by atoms with E-state index in [0.29, 0.717) is 11.4 Å². The Kier molecular flexibility index (Phi) is 3.66. The molecule has 1 aliphatic heterocycles. The summed E-state index contributed by atoms with van der Waals surface area (Å²) in [6.45, 7) is 9.41. The van der Waals surface area contributed by atoms with E-state index in [9.17, 15) is 8.42 Å². The highest BCUT2D eigenvalue weighted by molar-refractivity contribution is 7.93. The fraction of sp³-hybridized carbons (Fsp3) is 0.438. The van der Waals surface area contributed by atoms with E-state index < -0.39 is 9.84 Å². The number of thiazole rings is 1. The van der Waals surface area contributed by atoms with Crippen LogP contribution in [0.15, 0.2) is 27.4 Å². The molecule has 1 aromatic heterocycles. The molecule has 3 rings (SSSR count). The van der Waals surface area contributed by atoms with E-state index in [1.165, 1.54) is 11.3 Å². The second-order valence-electron chi connectivity index (χ2n) is 6.51. The van der Waals surface area contributed by atoms with Crippen LogP contribution in [0.1, 0.15) is 35.5 Å². The smallest absolute Gasteiger partial charge is 0.233 e. The zero-order valence-electron chi connectivity index (χ0n) is 13.2. The molecule has 0 saturated carbocycles. The first-order chi connectivity index (χ1) is 10.2. The van der Waals surface area contributed by atoms with Crippen molar-refractivity contribution in [1.82, 2.24) is 10.3 Å². The Labute approximate surface area is 135 Å². The van der Waals surface area contributed by atoms with Crippen LogP contribution in [0.3, 0.4) is 0 Å². The number of hydrogen-bond acceptors (Lipinski definition) is 5. The van der Waals surface area contributed by atoms with Crippen LogP contribution in [0.2, 0.25) is 0 Å². The molecule has 22 heavy (non-hydrogen) atoms. The number of sulfone groups is 1. The second kappa shape index (κ2) is 5.15. The first-order valence-electron chi connectivity index (χ1n) is 7.25. The van der Waals surface area contributed by atoms with E-state index in [1.807, 2.05) is 26.0 Å². The van der Waals surface area contributed by atoms with Crippen molar-refractivity contribution in [2.24, 2.45) is 0 Å². The predicted molar refractivity (Wildman–Crippen MR) is 88.2 cm³/mol. The predicted octanol–water partition coefficient (Wildman–Crippen LogP) is 2.97. The molecule has 1 aliphatic rings. The van der Waals surface area contributed by atoms with Gasteiger partial charge in [0.1, 0.15) is 0 Å². The first-order valence-corrected chi connectivity index (χ1v) is 9.55.